The maximum Gasteiger partial charge on any atom is 0.0224 e. The lowest BCUT2D eigenvalue weighted by atomic mass is 9.92. The second-order valence-corrected chi connectivity index (χ2v) is 6.03. The molecule has 0 N–H and O–H groups in total. The fourth-order valence-corrected chi connectivity index (χ4v) is 2.68. The highest BCUT2D eigenvalue weighted by atomic mass is 15.2. The van der Waals surface area contributed by atoms with E-state index in [1.54, 1.807) is 0 Å². The molecule has 0 bridgehead atoms. The van der Waals surface area contributed by atoms with Crippen LogP contribution in [0.15, 0.2) is 36.7 Å². The SMILES string of the molecule is C=C(C)CCCCCN1C(=C)CC(C(C)C)C1=C. The van der Waals surface area contributed by atoms with E-state index in [1.165, 1.54) is 36.2 Å². The molecule has 1 heterocycles. The van der Waals surface area contributed by atoms with Crippen LogP contribution >= 0.6 is 0 Å². The molecule has 1 heteroatoms. The summed E-state index contributed by atoms with van der Waals surface area (Å²) in [4.78, 5) is 2.35. The van der Waals surface area contributed by atoms with Crippen LogP contribution in [0.4, 0.5) is 0 Å². The van der Waals surface area contributed by atoms with Crippen molar-refractivity contribution in [3.05, 3.63) is 36.7 Å². The van der Waals surface area contributed by atoms with Crippen LogP contribution in [0.3, 0.4) is 0 Å². The highest BCUT2D eigenvalue weighted by molar-refractivity contribution is 5.20. The van der Waals surface area contributed by atoms with E-state index in [4.69, 9.17) is 0 Å². The van der Waals surface area contributed by atoms with Crippen LogP contribution < -0.4 is 0 Å². The number of unbranched alkanes of at least 4 members (excludes halogenated alkanes) is 2. The number of allylic oxidation sites excluding steroid dienone is 3. The Hall–Kier alpha value is -0.980. The highest BCUT2D eigenvalue weighted by Crippen LogP contribution is 2.38. The van der Waals surface area contributed by atoms with Crippen molar-refractivity contribution in [1.29, 1.82) is 0 Å². The second kappa shape index (κ2) is 6.82. The summed E-state index contributed by atoms with van der Waals surface area (Å²) in [6, 6.07) is 0. The van der Waals surface area contributed by atoms with Crippen LogP contribution in [-0.2, 0) is 0 Å². The fraction of sp³-hybridized carbons (Fsp3) is 0.647. The van der Waals surface area contributed by atoms with Crippen LogP contribution in [0.1, 0.15) is 52.9 Å². The maximum atomic E-state index is 4.27. The Kier molecular flexibility index (Phi) is 5.71. The number of likely N-dealkylation sites (tertiary alicyclic amines) is 1. The summed E-state index contributed by atoms with van der Waals surface area (Å²) < 4.78 is 0. The molecule has 0 spiro atoms. The summed E-state index contributed by atoms with van der Waals surface area (Å²) in [6.45, 7) is 20.2. The van der Waals surface area contributed by atoms with Gasteiger partial charge in [0.15, 0.2) is 0 Å². The first-order valence-electron chi connectivity index (χ1n) is 7.22. The minimum atomic E-state index is 0.605. The summed E-state index contributed by atoms with van der Waals surface area (Å²) in [5.41, 5.74) is 3.85. The molecule has 1 rings (SSSR count). The Morgan fingerprint density at radius 2 is 1.94 bits per heavy atom. The van der Waals surface area contributed by atoms with Crippen molar-refractivity contribution < 1.29 is 0 Å². The predicted octanol–water partition coefficient (Wildman–Crippen LogP) is 5.13. The van der Waals surface area contributed by atoms with Crippen molar-refractivity contribution >= 4 is 0 Å². The van der Waals surface area contributed by atoms with Crippen LogP contribution in [0, 0.1) is 11.8 Å². The molecule has 0 radical (unpaired) electrons. The van der Waals surface area contributed by atoms with E-state index in [0.29, 0.717) is 11.8 Å². The number of nitrogens with zero attached hydrogens (tertiary/aromatic N) is 1. The summed E-state index contributed by atoms with van der Waals surface area (Å²) in [5, 5.41) is 0. The molecule has 1 aliphatic heterocycles. The lowest BCUT2D eigenvalue weighted by molar-refractivity contribution is 0.396. The minimum Gasteiger partial charge on any atom is -0.349 e. The first-order valence-corrected chi connectivity index (χ1v) is 7.22. The van der Waals surface area contributed by atoms with Gasteiger partial charge in [0.2, 0.25) is 0 Å². The number of hydrogen-bond donors (Lipinski definition) is 0. The average Bonchev–Trinajstić information content (AvgIpc) is 2.55. The molecule has 1 saturated heterocycles. The Labute approximate surface area is 113 Å². The molecule has 0 saturated carbocycles. The zero-order chi connectivity index (χ0) is 13.7. The van der Waals surface area contributed by atoms with Gasteiger partial charge in [0, 0.05) is 23.9 Å². The number of hydrogen-bond acceptors (Lipinski definition) is 1. The first kappa shape index (κ1) is 15.1. The van der Waals surface area contributed by atoms with Crippen molar-refractivity contribution in [2.75, 3.05) is 6.54 Å². The molecule has 0 aromatic heterocycles. The largest absolute Gasteiger partial charge is 0.349 e. The molecule has 102 valence electrons. The summed E-state index contributed by atoms with van der Waals surface area (Å²) in [5.74, 6) is 1.27. The van der Waals surface area contributed by atoms with Crippen molar-refractivity contribution in [2.24, 2.45) is 11.8 Å². The Morgan fingerprint density at radius 3 is 2.44 bits per heavy atom. The third-order valence-corrected chi connectivity index (χ3v) is 3.90. The molecule has 0 aromatic rings. The van der Waals surface area contributed by atoms with E-state index in [9.17, 15) is 0 Å². The van der Waals surface area contributed by atoms with Gasteiger partial charge in [0.1, 0.15) is 0 Å². The first-order chi connectivity index (χ1) is 8.43. The van der Waals surface area contributed by atoms with E-state index < -0.39 is 0 Å². The van der Waals surface area contributed by atoms with Crippen molar-refractivity contribution in [2.45, 2.75) is 52.9 Å². The van der Waals surface area contributed by atoms with E-state index in [0.717, 1.165) is 19.4 Å². The van der Waals surface area contributed by atoms with Gasteiger partial charge in [0.05, 0.1) is 0 Å². The normalized spacial score (nSPS) is 20.0. The monoisotopic (exact) mass is 247 g/mol. The predicted molar refractivity (Wildman–Crippen MR) is 81.2 cm³/mol. The van der Waals surface area contributed by atoms with Gasteiger partial charge >= 0.3 is 0 Å². The average molecular weight is 247 g/mol. The van der Waals surface area contributed by atoms with Gasteiger partial charge in [-0.05, 0) is 38.5 Å². The summed E-state index contributed by atoms with van der Waals surface area (Å²) in [6.07, 6.45) is 6.03. The van der Waals surface area contributed by atoms with Gasteiger partial charge < -0.3 is 4.90 Å². The molecule has 0 amide bonds. The summed E-state index contributed by atoms with van der Waals surface area (Å²) >= 11 is 0. The van der Waals surface area contributed by atoms with E-state index in [1.807, 2.05) is 0 Å². The smallest absolute Gasteiger partial charge is 0.0224 e. The third kappa shape index (κ3) is 4.04. The third-order valence-electron chi connectivity index (χ3n) is 3.90. The van der Waals surface area contributed by atoms with Crippen molar-refractivity contribution in [3.8, 4) is 0 Å². The van der Waals surface area contributed by atoms with Crippen LogP contribution in [0.25, 0.3) is 0 Å². The topological polar surface area (TPSA) is 3.24 Å². The van der Waals surface area contributed by atoms with Gasteiger partial charge in [-0.1, -0.05) is 39.0 Å². The molecule has 1 aliphatic rings. The van der Waals surface area contributed by atoms with Gasteiger partial charge in [-0.3, -0.25) is 0 Å². The van der Waals surface area contributed by atoms with Crippen LogP contribution in [0.5, 0.6) is 0 Å². The van der Waals surface area contributed by atoms with E-state index in [-0.39, 0.29) is 0 Å². The van der Waals surface area contributed by atoms with Crippen LogP contribution in [-0.4, -0.2) is 11.4 Å². The van der Waals surface area contributed by atoms with Gasteiger partial charge in [-0.15, -0.1) is 6.58 Å². The molecular weight excluding hydrogens is 218 g/mol. The minimum absolute atomic E-state index is 0.605. The van der Waals surface area contributed by atoms with Gasteiger partial charge in [-0.2, -0.15) is 0 Å². The van der Waals surface area contributed by atoms with E-state index in [2.05, 4.69) is 45.4 Å². The second-order valence-electron chi connectivity index (χ2n) is 6.03. The van der Waals surface area contributed by atoms with Crippen molar-refractivity contribution in [3.63, 3.8) is 0 Å². The lowest BCUT2D eigenvalue weighted by Gasteiger charge is -2.23. The van der Waals surface area contributed by atoms with Crippen molar-refractivity contribution in [1.82, 2.24) is 4.90 Å². The molecule has 1 unspecified atom stereocenters. The quantitative estimate of drug-likeness (QED) is 0.445. The molecular formula is C17H29N. The molecule has 0 aliphatic carbocycles. The fourth-order valence-electron chi connectivity index (χ4n) is 2.68. The molecule has 18 heavy (non-hydrogen) atoms. The molecule has 1 atom stereocenters. The number of rotatable bonds is 7. The van der Waals surface area contributed by atoms with E-state index >= 15 is 0 Å². The molecule has 1 fully saturated rings. The lowest BCUT2D eigenvalue weighted by Crippen LogP contribution is -2.19. The Bertz CT molecular complexity index is 325. The van der Waals surface area contributed by atoms with Gasteiger partial charge in [0.25, 0.3) is 0 Å². The molecule has 0 aromatic carbocycles. The van der Waals surface area contributed by atoms with Crippen LogP contribution in [0.2, 0.25) is 0 Å². The van der Waals surface area contributed by atoms with Gasteiger partial charge in [-0.25, -0.2) is 0 Å². The standard InChI is InChI=1S/C17H29N/c1-13(2)10-8-7-9-11-18-15(5)12-17(14(3)4)16(18)6/h14,17H,1,5-12H2,2-4H3. The highest BCUT2D eigenvalue weighted by Gasteiger charge is 2.30. The Morgan fingerprint density at radius 1 is 1.28 bits per heavy atom. The zero-order valence-electron chi connectivity index (χ0n) is 12.5. The molecule has 1 nitrogen and oxygen atoms in total. The maximum absolute atomic E-state index is 4.27. The zero-order valence-corrected chi connectivity index (χ0v) is 12.5. The summed E-state index contributed by atoms with van der Waals surface area (Å²) in [7, 11) is 0. The Balaban J connectivity index is 2.32.